The maximum Gasteiger partial charge on any atom is 0.187 e. The van der Waals surface area contributed by atoms with Crippen LogP contribution in [0, 0.1) is 0 Å². The standard InChI is InChI=1S/2Al.Mn.H4Si.6H/h;;;1H4;;;;;;. The van der Waals surface area contributed by atoms with E-state index in [1.165, 1.54) is 0 Å². The van der Waals surface area contributed by atoms with E-state index in [0.717, 1.165) is 0 Å². The Morgan fingerprint density at radius 1 is 0.750 bits per heavy atom. The summed E-state index contributed by atoms with van der Waals surface area (Å²) in [4.78, 5) is 0. The van der Waals surface area contributed by atoms with Gasteiger partial charge >= 0.3 is 0 Å². The molecule has 0 bridgehead atoms. The molecule has 0 aromatic rings. The average Bonchev–Trinajstić information content (AvgIpc) is 0. The first-order chi connectivity index (χ1) is 0. The van der Waals surface area contributed by atoms with Crippen molar-refractivity contribution in [3.8, 4) is 0 Å². The second kappa shape index (κ2) is 21.4. The Morgan fingerprint density at radius 2 is 0.750 bits per heavy atom. The third-order valence-electron chi connectivity index (χ3n) is 0. The molecule has 0 saturated heterocycles. The summed E-state index contributed by atoms with van der Waals surface area (Å²) in [6, 6.07) is 0. The van der Waals surface area contributed by atoms with E-state index in [4.69, 9.17) is 0 Å². The molecule has 0 rings (SSSR count). The fourth-order valence-electron chi connectivity index (χ4n) is 0. The zero-order valence-corrected chi connectivity index (χ0v) is 1.56. The van der Waals surface area contributed by atoms with E-state index in [1.54, 1.807) is 0 Å². The van der Waals surface area contributed by atoms with E-state index in [-0.39, 0.29) is 62.8 Å². The van der Waals surface area contributed by atoms with Crippen molar-refractivity contribution in [3.05, 3.63) is 0 Å². The molecule has 0 aliphatic rings. The SMILES string of the molecule is [AlH3].[AlH3].[Mn].[SiH4]. The third-order valence-corrected chi connectivity index (χ3v) is 0. The predicted molar refractivity (Wildman–Crippen MR) is 31.2 cm³/mol. The van der Waals surface area contributed by atoms with Crippen molar-refractivity contribution < 1.29 is 17.1 Å². The molecule has 0 aromatic carbocycles. The van der Waals surface area contributed by atoms with Crippen molar-refractivity contribution >= 4 is 45.7 Å². The molecule has 0 spiro atoms. The van der Waals surface area contributed by atoms with Crippen LogP contribution in [0.2, 0.25) is 0 Å². The van der Waals surface area contributed by atoms with Crippen LogP contribution < -0.4 is 0 Å². The van der Waals surface area contributed by atoms with E-state index in [0.29, 0.717) is 0 Å². The monoisotopic (exact) mass is 147 g/mol. The zero-order chi connectivity index (χ0) is 0. The van der Waals surface area contributed by atoms with Gasteiger partial charge in [0.05, 0.1) is 0 Å². The van der Waals surface area contributed by atoms with Crippen molar-refractivity contribution in [1.82, 2.24) is 0 Å². The molecule has 0 N–H and O–H groups in total. The first kappa shape index (κ1) is 41.2. The third kappa shape index (κ3) is 9.19. The summed E-state index contributed by atoms with van der Waals surface area (Å²) in [6.45, 7) is 0. The Bertz CT molecular complexity index is 6.00. The molecule has 0 aromatic heterocycles. The van der Waals surface area contributed by atoms with Crippen LogP contribution in [-0.2, 0) is 17.1 Å². The van der Waals surface area contributed by atoms with Gasteiger partial charge in [0, 0.05) is 17.1 Å². The van der Waals surface area contributed by atoms with Crippen LogP contribution in [0.25, 0.3) is 0 Å². The normalized spacial score (nSPS) is 0. The second-order valence-electron chi connectivity index (χ2n) is 0. The molecule has 4 heteroatoms. The van der Waals surface area contributed by atoms with Gasteiger partial charge in [-0.2, -0.15) is 0 Å². The first-order valence-corrected chi connectivity index (χ1v) is 0. The average molecular weight is 147 g/mol. The number of rotatable bonds is 0. The Morgan fingerprint density at radius 3 is 0.750 bits per heavy atom. The van der Waals surface area contributed by atoms with Gasteiger partial charge in [-0.05, 0) is 11.0 Å². The maximum atomic E-state index is 0. The minimum absolute atomic E-state index is 0. The molecule has 1 radical (unpaired) electrons. The molecule has 0 aliphatic carbocycles. The molecule has 0 amide bonds. The molecule has 0 aliphatic heterocycles. The number of hydrogen-bond donors (Lipinski definition) is 0. The van der Waals surface area contributed by atoms with Crippen LogP contribution in [0.1, 0.15) is 0 Å². The van der Waals surface area contributed by atoms with Crippen molar-refractivity contribution in [2.24, 2.45) is 0 Å². The van der Waals surface area contributed by atoms with Crippen molar-refractivity contribution in [2.75, 3.05) is 0 Å². The van der Waals surface area contributed by atoms with Crippen LogP contribution in [0.5, 0.6) is 0 Å². The minimum atomic E-state index is 0. The summed E-state index contributed by atoms with van der Waals surface area (Å²) < 4.78 is 0. The van der Waals surface area contributed by atoms with Gasteiger partial charge in [0.25, 0.3) is 0 Å². The summed E-state index contributed by atoms with van der Waals surface area (Å²) >= 11 is 0. The molecule has 0 nitrogen and oxygen atoms in total. The topological polar surface area (TPSA) is 0 Å². The zero-order valence-electron chi connectivity index (χ0n) is 0.378. The van der Waals surface area contributed by atoms with Crippen LogP contribution >= 0.6 is 0 Å². The molecule has 0 atom stereocenters. The van der Waals surface area contributed by atoms with Gasteiger partial charge in [-0.25, -0.2) is 0 Å². The van der Waals surface area contributed by atoms with Gasteiger partial charge in [0.2, 0.25) is 0 Å². The Balaban J connectivity index is 0. The Kier molecular flexibility index (Phi) is 220. The molecule has 0 heterocycles. The molecule has 0 unspecified atom stereocenters. The summed E-state index contributed by atoms with van der Waals surface area (Å²) in [6.07, 6.45) is 0. The van der Waals surface area contributed by atoms with Crippen molar-refractivity contribution in [1.29, 1.82) is 0 Å². The van der Waals surface area contributed by atoms with Gasteiger partial charge in [-0.15, -0.1) is 0 Å². The fourth-order valence-corrected chi connectivity index (χ4v) is 0. The second-order valence-corrected chi connectivity index (χ2v) is 0. The molecule has 27 valence electrons. The van der Waals surface area contributed by atoms with E-state index in [9.17, 15) is 0 Å². The predicted octanol–water partition coefficient (Wildman–Crippen LogP) is -3.82. The largest absolute Gasteiger partial charge is 0.187 e. The van der Waals surface area contributed by atoms with Gasteiger partial charge in [0.1, 0.15) is 0 Å². The maximum absolute atomic E-state index is 0. The Hall–Kier alpha value is 1.80. The quantitative estimate of drug-likeness (QED) is 0.308. The molecule has 0 fully saturated rings. The number of hydrogen-bond acceptors (Lipinski definition) is 0. The van der Waals surface area contributed by atoms with Crippen molar-refractivity contribution in [2.45, 2.75) is 0 Å². The molecular formula is H10Al2MnSi. The first-order valence-electron chi connectivity index (χ1n) is 0. The smallest absolute Gasteiger partial charge is 0.0149 e. The summed E-state index contributed by atoms with van der Waals surface area (Å²) in [7, 11) is 0. The fraction of sp³-hybridized carbons (Fsp3) is 0. The van der Waals surface area contributed by atoms with Gasteiger partial charge in [0.15, 0.2) is 34.7 Å². The van der Waals surface area contributed by atoms with Crippen LogP contribution in [-0.4, -0.2) is 45.7 Å². The molecule has 4 heavy (non-hydrogen) atoms. The van der Waals surface area contributed by atoms with E-state index in [1.807, 2.05) is 0 Å². The summed E-state index contributed by atoms with van der Waals surface area (Å²) in [5, 5.41) is 0. The Labute approximate surface area is 62.5 Å². The van der Waals surface area contributed by atoms with Gasteiger partial charge in [-0.3, -0.25) is 0 Å². The van der Waals surface area contributed by atoms with Crippen LogP contribution in [0.4, 0.5) is 0 Å². The van der Waals surface area contributed by atoms with E-state index in [2.05, 4.69) is 0 Å². The summed E-state index contributed by atoms with van der Waals surface area (Å²) in [5.74, 6) is 0. The van der Waals surface area contributed by atoms with E-state index < -0.39 is 0 Å². The molecule has 0 saturated carbocycles. The molecular weight excluding hydrogens is 137 g/mol. The minimum Gasteiger partial charge on any atom is -0.0149 e. The van der Waals surface area contributed by atoms with Crippen LogP contribution in [0.3, 0.4) is 0 Å². The van der Waals surface area contributed by atoms with Gasteiger partial charge < -0.3 is 0 Å². The van der Waals surface area contributed by atoms with Crippen molar-refractivity contribution in [3.63, 3.8) is 0 Å². The van der Waals surface area contributed by atoms with Gasteiger partial charge in [-0.1, -0.05) is 0 Å². The van der Waals surface area contributed by atoms with E-state index >= 15 is 0 Å². The van der Waals surface area contributed by atoms with Crippen LogP contribution in [0.15, 0.2) is 0 Å². The summed E-state index contributed by atoms with van der Waals surface area (Å²) in [5.41, 5.74) is 0.